The van der Waals surface area contributed by atoms with Gasteiger partial charge in [-0.3, -0.25) is 9.69 Å². The second-order valence-electron chi connectivity index (χ2n) is 6.13. The molecule has 4 rings (SSSR count). The molecule has 6 nitrogen and oxygen atoms in total. The lowest BCUT2D eigenvalue weighted by molar-refractivity contribution is -0.127. The predicted octanol–water partition coefficient (Wildman–Crippen LogP) is 1.98. The molecule has 23 heavy (non-hydrogen) atoms. The fourth-order valence-electron chi connectivity index (χ4n) is 3.26. The zero-order chi connectivity index (χ0) is 15.8. The Balaban J connectivity index is 1.81. The van der Waals surface area contributed by atoms with Crippen molar-refractivity contribution in [2.45, 2.75) is 25.4 Å². The van der Waals surface area contributed by atoms with Gasteiger partial charge in [-0.2, -0.15) is 0 Å². The van der Waals surface area contributed by atoms with Crippen LogP contribution in [0.1, 0.15) is 19.3 Å². The van der Waals surface area contributed by atoms with E-state index in [1.54, 1.807) is 4.90 Å². The average molecular weight is 312 g/mol. The molecule has 1 unspecified atom stereocenters. The van der Waals surface area contributed by atoms with E-state index in [0.29, 0.717) is 19.0 Å². The van der Waals surface area contributed by atoms with Crippen molar-refractivity contribution in [3.05, 3.63) is 24.3 Å². The molecule has 1 aromatic carbocycles. The highest BCUT2D eigenvalue weighted by Gasteiger charge is 2.33. The molecule has 0 N–H and O–H groups in total. The maximum Gasteiger partial charge on any atom is 0.257 e. The Morgan fingerprint density at radius 3 is 2.57 bits per heavy atom. The van der Waals surface area contributed by atoms with Gasteiger partial charge in [0.25, 0.3) is 5.91 Å². The Morgan fingerprint density at radius 2 is 1.87 bits per heavy atom. The molecule has 6 heteroatoms. The molecular formula is C17H20N4O2. The van der Waals surface area contributed by atoms with Crippen LogP contribution < -0.4 is 9.80 Å². The highest BCUT2D eigenvalue weighted by atomic mass is 16.5. The minimum Gasteiger partial charge on any atom is -0.368 e. The Hall–Kier alpha value is -2.21. The summed E-state index contributed by atoms with van der Waals surface area (Å²) in [6, 6.07) is 7.78. The Labute approximate surface area is 135 Å². The molecule has 2 aromatic rings. The highest BCUT2D eigenvalue weighted by Crippen LogP contribution is 2.31. The lowest BCUT2D eigenvalue weighted by Crippen LogP contribution is -2.40. The summed E-state index contributed by atoms with van der Waals surface area (Å²) in [5.41, 5.74) is 1.66. The normalized spacial score (nSPS) is 21.3. The molecule has 0 saturated carbocycles. The summed E-state index contributed by atoms with van der Waals surface area (Å²) < 4.78 is 5.59. The number of para-hydroxylation sites is 2. The summed E-state index contributed by atoms with van der Waals surface area (Å²) in [4.78, 5) is 26.2. The van der Waals surface area contributed by atoms with Crippen LogP contribution >= 0.6 is 0 Å². The Bertz CT molecular complexity index is 742. The van der Waals surface area contributed by atoms with Crippen LogP contribution in [0.3, 0.4) is 0 Å². The first kappa shape index (κ1) is 14.4. The van der Waals surface area contributed by atoms with Crippen LogP contribution in [0.25, 0.3) is 11.0 Å². The van der Waals surface area contributed by atoms with Crippen molar-refractivity contribution in [2.75, 3.05) is 36.5 Å². The molecule has 0 bridgehead atoms. The molecule has 1 fully saturated rings. The number of fused-ring (bicyclic) bond motifs is 2. The minimum absolute atomic E-state index is 0.0173. The molecular weight excluding hydrogens is 292 g/mol. The van der Waals surface area contributed by atoms with Crippen LogP contribution in [0.5, 0.6) is 0 Å². The fraction of sp³-hybridized carbons (Fsp3) is 0.471. The van der Waals surface area contributed by atoms with Crippen LogP contribution in [-0.4, -0.2) is 48.7 Å². The topological polar surface area (TPSA) is 58.6 Å². The number of rotatable bonds is 1. The third kappa shape index (κ3) is 2.53. The number of aromatic nitrogens is 2. The number of amides is 1. The first-order chi connectivity index (χ1) is 11.2. The Morgan fingerprint density at radius 1 is 1.13 bits per heavy atom. The number of hydrogen-bond acceptors (Lipinski definition) is 5. The van der Waals surface area contributed by atoms with Crippen LogP contribution in [0.4, 0.5) is 11.6 Å². The van der Waals surface area contributed by atoms with Crippen molar-refractivity contribution in [3.8, 4) is 0 Å². The molecule has 1 saturated heterocycles. The van der Waals surface area contributed by atoms with Gasteiger partial charge < -0.3 is 9.64 Å². The highest BCUT2D eigenvalue weighted by molar-refractivity contribution is 5.99. The summed E-state index contributed by atoms with van der Waals surface area (Å²) in [5.74, 6) is 1.44. The summed E-state index contributed by atoms with van der Waals surface area (Å²) in [7, 11) is 2.00. The first-order valence-corrected chi connectivity index (χ1v) is 8.15. The largest absolute Gasteiger partial charge is 0.368 e. The van der Waals surface area contributed by atoms with Gasteiger partial charge in [0.2, 0.25) is 0 Å². The second kappa shape index (κ2) is 5.77. The van der Waals surface area contributed by atoms with Gasteiger partial charge in [-0.1, -0.05) is 12.1 Å². The van der Waals surface area contributed by atoms with Crippen molar-refractivity contribution >= 4 is 28.6 Å². The smallest absolute Gasteiger partial charge is 0.257 e. The molecule has 0 aliphatic carbocycles. The van der Waals surface area contributed by atoms with Gasteiger partial charge in [0, 0.05) is 26.7 Å². The van der Waals surface area contributed by atoms with Crippen molar-refractivity contribution in [1.29, 1.82) is 0 Å². The maximum absolute atomic E-state index is 12.9. The molecule has 1 atom stereocenters. The van der Waals surface area contributed by atoms with Crippen LogP contribution in [-0.2, 0) is 9.53 Å². The molecule has 0 radical (unpaired) electrons. The second-order valence-corrected chi connectivity index (χ2v) is 6.13. The quantitative estimate of drug-likeness (QED) is 0.806. The predicted molar refractivity (Wildman–Crippen MR) is 88.8 cm³/mol. The number of carbonyl (C=O) groups is 1. The SMILES string of the molecule is CN1CCCN(C(=O)C2CCCO2)c2nc3ccccc3nc21. The van der Waals surface area contributed by atoms with Crippen molar-refractivity contribution in [3.63, 3.8) is 0 Å². The number of nitrogens with zero attached hydrogens (tertiary/aromatic N) is 4. The van der Waals surface area contributed by atoms with Crippen LogP contribution in [0.2, 0.25) is 0 Å². The lowest BCUT2D eigenvalue weighted by atomic mass is 10.2. The minimum atomic E-state index is -0.334. The maximum atomic E-state index is 12.9. The number of carbonyl (C=O) groups excluding carboxylic acids is 1. The van der Waals surface area contributed by atoms with Gasteiger partial charge in [0.15, 0.2) is 11.6 Å². The molecule has 1 amide bonds. The molecule has 3 heterocycles. The van der Waals surface area contributed by atoms with Gasteiger partial charge in [-0.05, 0) is 31.4 Å². The fourth-order valence-corrected chi connectivity index (χ4v) is 3.26. The van der Waals surface area contributed by atoms with E-state index in [4.69, 9.17) is 14.7 Å². The van der Waals surface area contributed by atoms with E-state index >= 15 is 0 Å². The number of ether oxygens (including phenoxy) is 1. The van der Waals surface area contributed by atoms with Gasteiger partial charge in [-0.25, -0.2) is 9.97 Å². The molecule has 2 aliphatic heterocycles. The first-order valence-electron chi connectivity index (χ1n) is 8.15. The van der Waals surface area contributed by atoms with Crippen molar-refractivity contribution < 1.29 is 9.53 Å². The summed E-state index contributed by atoms with van der Waals surface area (Å²) in [6.45, 7) is 2.18. The standard InChI is InChI=1S/C17H20N4O2/c1-20-9-5-10-21(17(22)14-8-4-11-23-14)16-15(20)18-12-6-2-3-7-13(12)19-16/h2-3,6-7,14H,4-5,8-11H2,1H3. The number of hydrogen-bond donors (Lipinski definition) is 0. The average Bonchev–Trinajstić information content (AvgIpc) is 3.06. The van der Waals surface area contributed by atoms with E-state index in [-0.39, 0.29) is 12.0 Å². The van der Waals surface area contributed by atoms with E-state index in [2.05, 4.69) is 4.90 Å². The third-order valence-corrected chi connectivity index (χ3v) is 4.50. The van der Waals surface area contributed by atoms with E-state index < -0.39 is 0 Å². The Kier molecular flexibility index (Phi) is 3.61. The van der Waals surface area contributed by atoms with E-state index in [1.807, 2.05) is 31.3 Å². The lowest BCUT2D eigenvalue weighted by Gasteiger charge is -2.24. The zero-order valence-corrected chi connectivity index (χ0v) is 13.2. The molecule has 2 aliphatic rings. The van der Waals surface area contributed by atoms with Gasteiger partial charge >= 0.3 is 0 Å². The van der Waals surface area contributed by atoms with E-state index in [9.17, 15) is 4.79 Å². The molecule has 1 aromatic heterocycles. The summed E-state index contributed by atoms with van der Waals surface area (Å²) in [5, 5.41) is 0. The van der Waals surface area contributed by atoms with Crippen molar-refractivity contribution in [2.24, 2.45) is 0 Å². The van der Waals surface area contributed by atoms with Gasteiger partial charge in [0.1, 0.15) is 6.10 Å². The number of benzene rings is 1. The zero-order valence-electron chi connectivity index (χ0n) is 13.2. The third-order valence-electron chi connectivity index (χ3n) is 4.50. The van der Waals surface area contributed by atoms with Crippen molar-refractivity contribution in [1.82, 2.24) is 9.97 Å². The van der Waals surface area contributed by atoms with E-state index in [0.717, 1.165) is 42.7 Å². The monoisotopic (exact) mass is 312 g/mol. The van der Waals surface area contributed by atoms with Gasteiger partial charge in [0.05, 0.1) is 11.0 Å². The van der Waals surface area contributed by atoms with Crippen LogP contribution in [0.15, 0.2) is 24.3 Å². The van der Waals surface area contributed by atoms with E-state index in [1.165, 1.54) is 0 Å². The molecule has 120 valence electrons. The summed E-state index contributed by atoms with van der Waals surface area (Å²) in [6.07, 6.45) is 2.30. The number of anilines is 2. The molecule has 0 spiro atoms. The summed E-state index contributed by atoms with van der Waals surface area (Å²) >= 11 is 0. The van der Waals surface area contributed by atoms with Crippen LogP contribution in [0, 0.1) is 0 Å². The van der Waals surface area contributed by atoms with Gasteiger partial charge in [-0.15, -0.1) is 0 Å².